The maximum atomic E-state index is 12.9. The minimum Gasteiger partial charge on any atom is -0.305 e. The summed E-state index contributed by atoms with van der Waals surface area (Å²) in [5.41, 5.74) is 1.18. The second-order valence-corrected chi connectivity index (χ2v) is 4.20. The van der Waals surface area contributed by atoms with Gasteiger partial charge >= 0.3 is 6.18 Å². The van der Waals surface area contributed by atoms with E-state index in [-0.39, 0.29) is 24.1 Å². The average Bonchev–Trinajstić information content (AvgIpc) is 2.67. The Balaban J connectivity index is 2.53. The van der Waals surface area contributed by atoms with Crippen LogP contribution in [0.4, 0.5) is 13.2 Å². The minimum absolute atomic E-state index is 0.0783. The summed E-state index contributed by atoms with van der Waals surface area (Å²) in [4.78, 5) is 7.63. The van der Waals surface area contributed by atoms with Crippen molar-refractivity contribution in [3.05, 3.63) is 23.7 Å². The molecule has 0 aliphatic heterocycles. The van der Waals surface area contributed by atoms with Crippen LogP contribution in [0.1, 0.15) is 24.2 Å². The first-order valence-electron chi connectivity index (χ1n) is 5.70. The molecule has 0 spiro atoms. The van der Waals surface area contributed by atoms with Crippen molar-refractivity contribution in [1.82, 2.24) is 14.5 Å². The van der Waals surface area contributed by atoms with Crippen LogP contribution in [0.25, 0.3) is 11.2 Å². The summed E-state index contributed by atoms with van der Waals surface area (Å²) in [6.07, 6.45) is -2.49. The normalized spacial score (nSPS) is 11.7. The highest BCUT2D eigenvalue weighted by Crippen LogP contribution is 2.31. The van der Waals surface area contributed by atoms with Crippen molar-refractivity contribution in [3.8, 4) is 6.07 Å². The fraction of sp³-hybridized carbons (Fsp3) is 0.417. The van der Waals surface area contributed by atoms with E-state index in [9.17, 15) is 13.2 Å². The molecule has 4 nitrogen and oxygen atoms in total. The third-order valence-electron chi connectivity index (χ3n) is 2.65. The molecule has 2 aromatic rings. The molecule has 100 valence electrons. The summed E-state index contributed by atoms with van der Waals surface area (Å²) < 4.78 is 39.8. The van der Waals surface area contributed by atoms with Crippen LogP contribution in [0, 0.1) is 18.3 Å². The summed E-state index contributed by atoms with van der Waals surface area (Å²) in [6, 6.07) is 3.48. The van der Waals surface area contributed by atoms with E-state index in [2.05, 4.69) is 9.97 Å². The van der Waals surface area contributed by atoms with Gasteiger partial charge in [-0.25, -0.2) is 9.97 Å². The van der Waals surface area contributed by atoms with Gasteiger partial charge in [-0.2, -0.15) is 18.4 Å². The fourth-order valence-electron chi connectivity index (χ4n) is 1.86. The molecule has 0 radical (unpaired) electrons. The number of nitrogens with zero attached hydrogens (tertiary/aromatic N) is 4. The van der Waals surface area contributed by atoms with Gasteiger partial charge in [-0.3, -0.25) is 0 Å². The first-order valence-corrected chi connectivity index (χ1v) is 5.70. The molecule has 0 atom stereocenters. The molecule has 0 saturated carbocycles. The van der Waals surface area contributed by atoms with E-state index >= 15 is 0 Å². The van der Waals surface area contributed by atoms with E-state index in [1.54, 1.807) is 13.0 Å². The van der Waals surface area contributed by atoms with Gasteiger partial charge in [0.2, 0.25) is 5.82 Å². The Kier molecular flexibility index (Phi) is 3.42. The maximum Gasteiger partial charge on any atom is 0.449 e. The lowest BCUT2D eigenvalue weighted by Crippen LogP contribution is -2.15. The molecule has 2 heterocycles. The van der Waals surface area contributed by atoms with Gasteiger partial charge in [0.25, 0.3) is 0 Å². The lowest BCUT2D eigenvalue weighted by Gasteiger charge is -2.09. The fourth-order valence-corrected chi connectivity index (χ4v) is 1.86. The molecule has 0 N–H and O–H groups in total. The Bertz CT molecular complexity index is 637. The molecule has 0 fully saturated rings. The predicted octanol–water partition coefficient (Wildman–Crippen LogP) is 3.06. The number of alkyl halides is 3. The van der Waals surface area contributed by atoms with Crippen molar-refractivity contribution in [2.45, 2.75) is 32.5 Å². The first kappa shape index (κ1) is 13.3. The Morgan fingerprint density at radius 2 is 2.16 bits per heavy atom. The van der Waals surface area contributed by atoms with Crippen molar-refractivity contribution in [1.29, 1.82) is 5.26 Å². The van der Waals surface area contributed by atoms with Gasteiger partial charge in [-0.1, -0.05) is 0 Å². The number of unbranched alkanes of at least 4 members (excludes halogenated alkanes) is 1. The molecular formula is C12H11F3N4. The number of hydrogen-bond donors (Lipinski definition) is 0. The molecule has 0 bridgehead atoms. The van der Waals surface area contributed by atoms with Crippen LogP contribution >= 0.6 is 0 Å². The lowest BCUT2D eigenvalue weighted by atomic mass is 10.3. The highest BCUT2D eigenvalue weighted by atomic mass is 19.4. The Hall–Kier alpha value is -2.10. The van der Waals surface area contributed by atoms with Gasteiger partial charge in [0.15, 0.2) is 5.65 Å². The van der Waals surface area contributed by atoms with E-state index in [4.69, 9.17) is 5.26 Å². The standard InChI is InChI=1S/C12H11F3N4/c1-8-6-9-10(17-7-8)19(5-3-2-4-16)11(18-9)12(13,14)15/h6-7H,2-3,5H2,1H3. The molecule has 0 amide bonds. The number of pyridine rings is 1. The van der Waals surface area contributed by atoms with Crippen LogP contribution in [0.5, 0.6) is 0 Å². The zero-order valence-electron chi connectivity index (χ0n) is 10.2. The number of fused-ring (bicyclic) bond motifs is 1. The molecule has 2 aromatic heterocycles. The highest BCUT2D eigenvalue weighted by molar-refractivity contribution is 5.72. The maximum absolute atomic E-state index is 12.9. The van der Waals surface area contributed by atoms with E-state index in [1.165, 1.54) is 6.20 Å². The third-order valence-corrected chi connectivity index (χ3v) is 2.65. The monoisotopic (exact) mass is 268 g/mol. The number of aryl methyl sites for hydroxylation is 2. The van der Waals surface area contributed by atoms with Crippen molar-refractivity contribution in [3.63, 3.8) is 0 Å². The largest absolute Gasteiger partial charge is 0.449 e. The molecular weight excluding hydrogens is 257 g/mol. The highest BCUT2D eigenvalue weighted by Gasteiger charge is 2.37. The van der Waals surface area contributed by atoms with E-state index in [1.807, 2.05) is 6.07 Å². The Labute approximate surface area is 107 Å². The van der Waals surface area contributed by atoms with E-state index in [0.29, 0.717) is 6.42 Å². The summed E-state index contributed by atoms with van der Waals surface area (Å²) in [6.45, 7) is 1.82. The molecule has 0 aliphatic carbocycles. The van der Waals surface area contributed by atoms with Crippen LogP contribution in [0.15, 0.2) is 12.3 Å². The van der Waals surface area contributed by atoms with Gasteiger partial charge < -0.3 is 4.57 Å². The first-order chi connectivity index (χ1) is 8.93. The van der Waals surface area contributed by atoms with Gasteiger partial charge in [0.1, 0.15) is 5.52 Å². The number of nitriles is 1. The SMILES string of the molecule is Cc1cnc2c(c1)nc(C(F)(F)F)n2CCCC#N. The molecule has 0 unspecified atom stereocenters. The van der Waals surface area contributed by atoms with Crippen LogP contribution in [-0.4, -0.2) is 14.5 Å². The van der Waals surface area contributed by atoms with Crippen molar-refractivity contribution >= 4 is 11.2 Å². The number of aromatic nitrogens is 3. The molecule has 2 rings (SSSR count). The van der Waals surface area contributed by atoms with Gasteiger partial charge in [-0.15, -0.1) is 0 Å². The van der Waals surface area contributed by atoms with Crippen LogP contribution < -0.4 is 0 Å². The van der Waals surface area contributed by atoms with Gasteiger partial charge in [0, 0.05) is 19.2 Å². The number of hydrogen-bond acceptors (Lipinski definition) is 3. The number of halogens is 3. The van der Waals surface area contributed by atoms with Crippen LogP contribution in [-0.2, 0) is 12.7 Å². The smallest absolute Gasteiger partial charge is 0.305 e. The van der Waals surface area contributed by atoms with Gasteiger partial charge in [-0.05, 0) is 25.0 Å². The van der Waals surface area contributed by atoms with E-state index < -0.39 is 12.0 Å². The molecule has 19 heavy (non-hydrogen) atoms. The Morgan fingerprint density at radius 3 is 2.79 bits per heavy atom. The number of imidazole rings is 1. The summed E-state index contributed by atoms with van der Waals surface area (Å²) in [5.74, 6) is -0.960. The van der Waals surface area contributed by atoms with Gasteiger partial charge in [0.05, 0.1) is 6.07 Å². The zero-order valence-corrected chi connectivity index (χ0v) is 10.2. The third kappa shape index (κ3) is 2.67. The molecule has 0 saturated heterocycles. The number of rotatable bonds is 3. The summed E-state index contributed by atoms with van der Waals surface area (Å²) >= 11 is 0. The minimum atomic E-state index is -4.53. The van der Waals surface area contributed by atoms with E-state index in [0.717, 1.165) is 10.1 Å². The van der Waals surface area contributed by atoms with Crippen molar-refractivity contribution in [2.24, 2.45) is 0 Å². The lowest BCUT2D eigenvalue weighted by molar-refractivity contribution is -0.147. The Morgan fingerprint density at radius 1 is 1.42 bits per heavy atom. The summed E-state index contributed by atoms with van der Waals surface area (Å²) in [5, 5.41) is 8.46. The van der Waals surface area contributed by atoms with Crippen LogP contribution in [0.2, 0.25) is 0 Å². The molecule has 0 aliphatic rings. The van der Waals surface area contributed by atoms with Crippen molar-refractivity contribution < 1.29 is 13.2 Å². The van der Waals surface area contributed by atoms with Crippen molar-refractivity contribution in [2.75, 3.05) is 0 Å². The molecule has 0 aromatic carbocycles. The molecule has 7 heteroatoms. The zero-order chi connectivity index (χ0) is 14.0. The predicted molar refractivity (Wildman–Crippen MR) is 62.1 cm³/mol. The topological polar surface area (TPSA) is 54.5 Å². The average molecular weight is 268 g/mol. The summed E-state index contributed by atoms with van der Waals surface area (Å²) in [7, 11) is 0. The second-order valence-electron chi connectivity index (χ2n) is 4.20. The second kappa shape index (κ2) is 4.88. The van der Waals surface area contributed by atoms with Crippen LogP contribution in [0.3, 0.4) is 0 Å². The quantitative estimate of drug-likeness (QED) is 0.804.